The Morgan fingerprint density at radius 1 is 1.38 bits per heavy atom. The van der Waals surface area contributed by atoms with Gasteiger partial charge in [0.05, 0.1) is 6.04 Å². The molecule has 144 valence electrons. The highest BCUT2D eigenvalue weighted by molar-refractivity contribution is 5.81. The van der Waals surface area contributed by atoms with E-state index >= 15 is 0 Å². The van der Waals surface area contributed by atoms with E-state index in [0.29, 0.717) is 12.5 Å². The van der Waals surface area contributed by atoms with Gasteiger partial charge in [-0.2, -0.15) is 0 Å². The lowest BCUT2D eigenvalue weighted by molar-refractivity contribution is -0.133. The number of likely N-dealkylation sites (tertiary alicyclic amines) is 1. The molecule has 1 unspecified atom stereocenters. The first-order valence-electron chi connectivity index (χ1n) is 9.15. The Morgan fingerprint density at radius 2 is 2.19 bits per heavy atom. The van der Waals surface area contributed by atoms with E-state index in [-0.39, 0.29) is 17.8 Å². The van der Waals surface area contributed by atoms with Gasteiger partial charge < -0.3 is 15.5 Å². The number of likely N-dealkylation sites (N-methyl/N-ethyl adjacent to an activating group) is 1. The zero-order chi connectivity index (χ0) is 18.9. The lowest BCUT2D eigenvalue weighted by Crippen LogP contribution is -2.44. The lowest BCUT2D eigenvalue weighted by Gasteiger charge is -2.26. The Kier molecular flexibility index (Phi) is 7.84. The summed E-state index contributed by atoms with van der Waals surface area (Å²) in [5.74, 6) is 0.652. The number of carbonyl (C=O) groups is 1. The molecule has 2 N–H and O–H groups in total. The van der Waals surface area contributed by atoms with E-state index in [2.05, 4.69) is 20.5 Å². The quantitative estimate of drug-likeness (QED) is 0.437. The van der Waals surface area contributed by atoms with Crippen LogP contribution in [0, 0.1) is 5.82 Å². The molecule has 6 nitrogen and oxygen atoms in total. The maximum atomic E-state index is 13.2. The summed E-state index contributed by atoms with van der Waals surface area (Å²) in [5.41, 5.74) is 0.870. The average molecular weight is 363 g/mol. The van der Waals surface area contributed by atoms with E-state index in [1.54, 1.807) is 18.0 Å². The number of halogens is 1. The summed E-state index contributed by atoms with van der Waals surface area (Å²) >= 11 is 0. The number of hydrogen-bond acceptors (Lipinski definition) is 3. The minimum absolute atomic E-state index is 0.0235. The minimum atomic E-state index is -0.236. The van der Waals surface area contributed by atoms with Crippen molar-refractivity contribution in [3.8, 4) is 0 Å². The van der Waals surface area contributed by atoms with Crippen molar-refractivity contribution in [2.75, 3.05) is 40.8 Å². The van der Waals surface area contributed by atoms with E-state index < -0.39 is 0 Å². The van der Waals surface area contributed by atoms with Crippen LogP contribution >= 0.6 is 0 Å². The Balaban J connectivity index is 1.70. The van der Waals surface area contributed by atoms with E-state index in [9.17, 15) is 9.18 Å². The van der Waals surface area contributed by atoms with Crippen molar-refractivity contribution in [1.29, 1.82) is 0 Å². The lowest BCUT2D eigenvalue weighted by atomic mass is 10.2. The molecular formula is C19H30FN5O. The highest BCUT2D eigenvalue weighted by atomic mass is 19.1. The first-order chi connectivity index (χ1) is 12.5. The zero-order valence-electron chi connectivity index (χ0n) is 16.0. The van der Waals surface area contributed by atoms with E-state index in [1.807, 2.05) is 20.2 Å². The zero-order valence-corrected chi connectivity index (χ0v) is 16.0. The second-order valence-corrected chi connectivity index (χ2v) is 6.76. The average Bonchev–Trinajstić information content (AvgIpc) is 3.08. The van der Waals surface area contributed by atoms with E-state index in [0.717, 1.165) is 44.5 Å². The number of nitrogens with zero attached hydrogens (tertiary/aromatic N) is 3. The van der Waals surface area contributed by atoms with Crippen molar-refractivity contribution in [2.45, 2.75) is 31.8 Å². The molecule has 2 rings (SSSR count). The summed E-state index contributed by atoms with van der Waals surface area (Å²) in [7, 11) is 5.34. The normalized spacial score (nSPS) is 18.0. The number of hydrogen-bond donors (Lipinski definition) is 2. The van der Waals surface area contributed by atoms with Crippen LogP contribution in [0.3, 0.4) is 0 Å². The second kappa shape index (κ2) is 10.1. The number of amides is 1. The molecule has 1 aromatic rings. The molecule has 0 spiro atoms. The molecule has 1 heterocycles. The van der Waals surface area contributed by atoms with Gasteiger partial charge in [-0.3, -0.25) is 14.7 Å². The first-order valence-corrected chi connectivity index (χ1v) is 9.15. The molecule has 1 saturated heterocycles. The Morgan fingerprint density at radius 3 is 2.88 bits per heavy atom. The summed E-state index contributed by atoms with van der Waals surface area (Å²) in [6.07, 6.45) is 2.95. The van der Waals surface area contributed by atoms with E-state index in [1.165, 1.54) is 12.1 Å². The van der Waals surface area contributed by atoms with Crippen molar-refractivity contribution in [3.05, 3.63) is 35.6 Å². The summed E-state index contributed by atoms with van der Waals surface area (Å²) < 4.78 is 13.2. The van der Waals surface area contributed by atoms with Crippen LogP contribution < -0.4 is 10.6 Å². The van der Waals surface area contributed by atoms with Gasteiger partial charge in [0, 0.05) is 40.8 Å². The predicted molar refractivity (Wildman–Crippen MR) is 103 cm³/mol. The van der Waals surface area contributed by atoms with E-state index in [4.69, 9.17) is 0 Å². The van der Waals surface area contributed by atoms with Gasteiger partial charge in [0.25, 0.3) is 0 Å². The van der Waals surface area contributed by atoms with Crippen LogP contribution in [0.5, 0.6) is 0 Å². The standard InChI is InChI=1S/C19H30FN5O/c1-21-19(23-14-15-7-4-8-16(20)13-15)22-10-6-12-25-11-5-9-17(25)18(26)24(2)3/h4,7-8,13,17H,5-6,9-12,14H2,1-3H3,(H2,21,22,23). The van der Waals surface area contributed by atoms with Crippen LogP contribution in [0.25, 0.3) is 0 Å². The maximum absolute atomic E-state index is 13.2. The molecule has 1 aromatic carbocycles. The van der Waals surface area contributed by atoms with Gasteiger partial charge in [0.15, 0.2) is 5.96 Å². The molecule has 1 aliphatic rings. The van der Waals surface area contributed by atoms with Crippen LogP contribution in [0.2, 0.25) is 0 Å². The summed E-state index contributed by atoms with van der Waals surface area (Å²) in [5, 5.41) is 6.45. The van der Waals surface area contributed by atoms with Gasteiger partial charge in [0.1, 0.15) is 5.82 Å². The molecule has 7 heteroatoms. The van der Waals surface area contributed by atoms with Crippen molar-refractivity contribution in [3.63, 3.8) is 0 Å². The van der Waals surface area contributed by atoms with Crippen molar-refractivity contribution in [1.82, 2.24) is 20.4 Å². The van der Waals surface area contributed by atoms with Gasteiger partial charge in [-0.25, -0.2) is 4.39 Å². The van der Waals surface area contributed by atoms with Crippen LogP contribution in [0.1, 0.15) is 24.8 Å². The maximum Gasteiger partial charge on any atom is 0.239 e. The topological polar surface area (TPSA) is 60.0 Å². The highest BCUT2D eigenvalue weighted by Crippen LogP contribution is 2.18. The molecule has 0 bridgehead atoms. The van der Waals surface area contributed by atoms with Crippen molar-refractivity contribution >= 4 is 11.9 Å². The van der Waals surface area contributed by atoms with Crippen LogP contribution in [-0.4, -0.2) is 68.5 Å². The Labute approximate surface area is 155 Å². The number of guanidine groups is 1. The summed E-state index contributed by atoms with van der Waals surface area (Å²) in [6, 6.07) is 6.54. The SMILES string of the molecule is CN=C(NCCCN1CCCC1C(=O)N(C)C)NCc1cccc(F)c1. The fraction of sp³-hybridized carbons (Fsp3) is 0.579. The fourth-order valence-electron chi connectivity index (χ4n) is 3.21. The molecule has 1 aliphatic heterocycles. The number of rotatable bonds is 7. The third kappa shape index (κ3) is 5.98. The van der Waals surface area contributed by atoms with Gasteiger partial charge in [-0.15, -0.1) is 0 Å². The third-order valence-electron chi connectivity index (χ3n) is 4.58. The van der Waals surface area contributed by atoms with Gasteiger partial charge in [0.2, 0.25) is 5.91 Å². The van der Waals surface area contributed by atoms with Crippen molar-refractivity contribution < 1.29 is 9.18 Å². The Bertz CT molecular complexity index is 620. The van der Waals surface area contributed by atoms with Crippen LogP contribution in [0.4, 0.5) is 4.39 Å². The summed E-state index contributed by atoms with van der Waals surface area (Å²) in [4.78, 5) is 20.3. The largest absolute Gasteiger partial charge is 0.356 e. The van der Waals surface area contributed by atoms with Crippen molar-refractivity contribution in [2.24, 2.45) is 4.99 Å². The van der Waals surface area contributed by atoms with Gasteiger partial charge in [-0.05, 0) is 43.5 Å². The number of benzene rings is 1. The second-order valence-electron chi connectivity index (χ2n) is 6.76. The molecule has 1 amide bonds. The molecule has 0 aromatic heterocycles. The third-order valence-corrected chi connectivity index (χ3v) is 4.58. The van der Waals surface area contributed by atoms with Gasteiger partial charge >= 0.3 is 0 Å². The highest BCUT2D eigenvalue weighted by Gasteiger charge is 2.30. The molecule has 0 radical (unpaired) electrons. The molecule has 0 saturated carbocycles. The fourth-order valence-corrected chi connectivity index (χ4v) is 3.21. The molecule has 26 heavy (non-hydrogen) atoms. The number of nitrogens with one attached hydrogen (secondary N) is 2. The Hall–Kier alpha value is -2.15. The smallest absolute Gasteiger partial charge is 0.239 e. The molecule has 1 fully saturated rings. The minimum Gasteiger partial charge on any atom is -0.356 e. The van der Waals surface area contributed by atoms with Crippen LogP contribution in [0.15, 0.2) is 29.3 Å². The number of aliphatic imine (C=N–C) groups is 1. The monoisotopic (exact) mass is 363 g/mol. The first kappa shape index (κ1) is 20.2. The molecule has 1 atom stereocenters. The molecular weight excluding hydrogens is 333 g/mol. The number of carbonyl (C=O) groups excluding carboxylic acids is 1. The summed E-state index contributed by atoms with van der Waals surface area (Å²) in [6.45, 7) is 3.15. The predicted octanol–water partition coefficient (Wildman–Crippen LogP) is 1.43. The van der Waals surface area contributed by atoms with Crippen LogP contribution in [-0.2, 0) is 11.3 Å². The molecule has 0 aliphatic carbocycles. The van der Waals surface area contributed by atoms with Gasteiger partial charge in [-0.1, -0.05) is 12.1 Å².